The van der Waals surface area contributed by atoms with Gasteiger partial charge < -0.3 is 4.42 Å². The summed E-state index contributed by atoms with van der Waals surface area (Å²) in [6.45, 7) is 0. The normalized spacial score (nSPS) is 9.12. The van der Waals surface area contributed by atoms with Crippen LogP contribution in [0, 0.1) is 3.77 Å². The summed E-state index contributed by atoms with van der Waals surface area (Å²) in [5.41, 5.74) is 0.616. The highest BCUT2D eigenvalue weighted by Crippen LogP contribution is 2.09. The lowest BCUT2D eigenvalue weighted by Crippen LogP contribution is -1.73. The molecule has 0 spiro atoms. The van der Waals surface area contributed by atoms with Gasteiger partial charge in [0.2, 0.25) is 0 Å². The maximum absolute atomic E-state index is 10.0. The van der Waals surface area contributed by atoms with E-state index in [9.17, 15) is 4.79 Å². The van der Waals surface area contributed by atoms with E-state index in [2.05, 4.69) is 0 Å². The van der Waals surface area contributed by atoms with Crippen LogP contribution < -0.4 is 0 Å². The van der Waals surface area contributed by atoms with E-state index in [1.807, 2.05) is 22.6 Å². The van der Waals surface area contributed by atoms with Gasteiger partial charge in [-0.2, -0.15) is 0 Å². The maximum Gasteiger partial charge on any atom is 0.173 e. The number of aldehydes is 1. The Balaban J connectivity index is 3.09. The lowest BCUT2D eigenvalue weighted by Gasteiger charge is -1.76. The molecule has 2 nitrogen and oxygen atoms in total. The van der Waals surface area contributed by atoms with Crippen molar-refractivity contribution in [1.82, 2.24) is 0 Å². The highest BCUT2D eigenvalue weighted by molar-refractivity contribution is 14.1. The van der Waals surface area contributed by atoms with Crippen molar-refractivity contribution in [2.45, 2.75) is 0 Å². The van der Waals surface area contributed by atoms with E-state index in [0.29, 0.717) is 9.33 Å². The zero-order valence-corrected chi connectivity index (χ0v) is 6.08. The van der Waals surface area contributed by atoms with Crippen molar-refractivity contribution in [3.63, 3.8) is 0 Å². The van der Waals surface area contributed by atoms with Crippen molar-refractivity contribution < 1.29 is 9.21 Å². The molecule has 0 atom stereocenters. The van der Waals surface area contributed by atoms with Crippen LogP contribution in [0.5, 0.6) is 0 Å². The molecule has 0 saturated carbocycles. The minimum atomic E-state index is 0.616. The number of carbonyl (C=O) groups is 1. The molecule has 0 unspecified atom stereocenters. The molecule has 0 N–H and O–H groups in total. The highest BCUT2D eigenvalue weighted by Gasteiger charge is 1.97. The second-order valence-corrected chi connectivity index (χ2v) is 2.25. The van der Waals surface area contributed by atoms with Gasteiger partial charge in [0, 0.05) is 22.6 Å². The molecule has 0 fully saturated rings. The van der Waals surface area contributed by atoms with Gasteiger partial charge in [0.25, 0.3) is 0 Å². The van der Waals surface area contributed by atoms with Crippen LogP contribution in [0.4, 0.5) is 0 Å². The largest absolute Gasteiger partial charge is 0.458 e. The third-order valence-electron chi connectivity index (χ3n) is 0.773. The maximum atomic E-state index is 10.0. The van der Waals surface area contributed by atoms with Gasteiger partial charge in [0.05, 0.1) is 11.8 Å². The second kappa shape index (κ2) is 2.30. The SMILES string of the molecule is O=Cc1ccoc1I. The number of furan rings is 1. The molecule has 42 valence electrons. The molecular formula is C5H3IO2. The van der Waals surface area contributed by atoms with Crippen LogP contribution in [0.2, 0.25) is 0 Å². The second-order valence-electron chi connectivity index (χ2n) is 1.27. The molecule has 3 heteroatoms. The molecule has 0 aliphatic rings. The molecule has 0 aromatic carbocycles. The predicted molar refractivity (Wildman–Crippen MR) is 36.8 cm³/mol. The predicted octanol–water partition coefficient (Wildman–Crippen LogP) is 1.70. The lowest BCUT2D eigenvalue weighted by atomic mass is 10.4. The number of halogens is 1. The fourth-order valence-corrected chi connectivity index (χ4v) is 0.840. The zero-order valence-electron chi connectivity index (χ0n) is 3.93. The Morgan fingerprint density at radius 1 is 1.75 bits per heavy atom. The van der Waals surface area contributed by atoms with E-state index in [1.54, 1.807) is 6.07 Å². The average molecular weight is 222 g/mol. The lowest BCUT2D eigenvalue weighted by molar-refractivity contribution is 0.112. The van der Waals surface area contributed by atoms with E-state index in [4.69, 9.17) is 4.42 Å². The Hall–Kier alpha value is -0.320. The Kier molecular flexibility index (Phi) is 1.67. The van der Waals surface area contributed by atoms with Crippen LogP contribution >= 0.6 is 22.6 Å². The summed E-state index contributed by atoms with van der Waals surface area (Å²) in [5.74, 6) is 0. The summed E-state index contributed by atoms with van der Waals surface area (Å²) in [6.07, 6.45) is 2.26. The van der Waals surface area contributed by atoms with Gasteiger partial charge in [-0.1, -0.05) is 0 Å². The van der Waals surface area contributed by atoms with E-state index in [0.717, 1.165) is 6.29 Å². The summed E-state index contributed by atoms with van der Waals surface area (Å²) in [5, 5.41) is 0. The van der Waals surface area contributed by atoms with Crippen molar-refractivity contribution in [3.8, 4) is 0 Å². The molecule has 0 radical (unpaired) electrons. The molecule has 0 aliphatic carbocycles. The quantitative estimate of drug-likeness (QED) is 0.534. The fourth-order valence-electron chi connectivity index (χ4n) is 0.386. The summed E-state index contributed by atoms with van der Waals surface area (Å²) < 4.78 is 5.46. The first-order chi connectivity index (χ1) is 3.84. The van der Waals surface area contributed by atoms with Crippen LogP contribution in [-0.2, 0) is 0 Å². The molecule has 0 bridgehead atoms. The minimum absolute atomic E-state index is 0.616. The Morgan fingerprint density at radius 2 is 2.50 bits per heavy atom. The molecule has 8 heavy (non-hydrogen) atoms. The van der Waals surface area contributed by atoms with Crippen LogP contribution in [0.1, 0.15) is 10.4 Å². The van der Waals surface area contributed by atoms with E-state index in [-0.39, 0.29) is 0 Å². The van der Waals surface area contributed by atoms with Gasteiger partial charge in [0.1, 0.15) is 0 Å². The van der Waals surface area contributed by atoms with Crippen LogP contribution in [0.3, 0.4) is 0 Å². The Morgan fingerprint density at radius 3 is 2.75 bits per heavy atom. The number of carbonyl (C=O) groups excluding carboxylic acids is 1. The standard InChI is InChI=1S/C5H3IO2/c6-5-4(3-7)1-2-8-5/h1-3H. The van der Waals surface area contributed by atoms with Gasteiger partial charge >= 0.3 is 0 Å². The third kappa shape index (κ3) is 0.912. The molecule has 0 aliphatic heterocycles. The van der Waals surface area contributed by atoms with Crippen molar-refractivity contribution in [2.75, 3.05) is 0 Å². The number of hydrogen-bond acceptors (Lipinski definition) is 2. The highest BCUT2D eigenvalue weighted by atomic mass is 127. The molecule has 1 heterocycles. The third-order valence-corrected chi connectivity index (χ3v) is 1.65. The van der Waals surface area contributed by atoms with Crippen molar-refractivity contribution in [3.05, 3.63) is 21.7 Å². The van der Waals surface area contributed by atoms with E-state index < -0.39 is 0 Å². The van der Waals surface area contributed by atoms with Gasteiger partial charge in [-0.3, -0.25) is 4.79 Å². The van der Waals surface area contributed by atoms with Crippen LogP contribution in [0.15, 0.2) is 16.7 Å². The van der Waals surface area contributed by atoms with E-state index >= 15 is 0 Å². The van der Waals surface area contributed by atoms with Gasteiger partial charge in [-0.05, 0) is 6.07 Å². The molecular weight excluding hydrogens is 219 g/mol. The van der Waals surface area contributed by atoms with Crippen LogP contribution in [0.25, 0.3) is 0 Å². The Bertz CT molecular complexity index is 192. The smallest absolute Gasteiger partial charge is 0.173 e. The topological polar surface area (TPSA) is 30.2 Å². The molecule has 1 aromatic heterocycles. The molecule has 1 rings (SSSR count). The first kappa shape index (κ1) is 5.81. The monoisotopic (exact) mass is 222 g/mol. The average Bonchev–Trinajstić information content (AvgIpc) is 2.14. The van der Waals surface area contributed by atoms with Gasteiger partial charge in [-0.15, -0.1) is 0 Å². The van der Waals surface area contributed by atoms with E-state index in [1.165, 1.54) is 6.26 Å². The summed E-state index contributed by atoms with van der Waals surface area (Å²) >= 11 is 1.96. The molecule has 0 amide bonds. The molecule has 1 aromatic rings. The Labute approximate surface area is 60.0 Å². The van der Waals surface area contributed by atoms with Crippen molar-refractivity contribution in [2.24, 2.45) is 0 Å². The minimum Gasteiger partial charge on any atom is -0.458 e. The van der Waals surface area contributed by atoms with Gasteiger partial charge in [-0.25, -0.2) is 0 Å². The molecule has 0 saturated heterocycles. The number of rotatable bonds is 1. The first-order valence-corrected chi connectivity index (χ1v) is 3.10. The number of hydrogen-bond donors (Lipinski definition) is 0. The summed E-state index contributed by atoms with van der Waals surface area (Å²) in [7, 11) is 0. The van der Waals surface area contributed by atoms with Gasteiger partial charge in [0.15, 0.2) is 10.1 Å². The fraction of sp³-hybridized carbons (Fsp3) is 0. The van der Waals surface area contributed by atoms with Crippen LogP contribution in [-0.4, -0.2) is 6.29 Å². The summed E-state index contributed by atoms with van der Waals surface area (Å²) in [4.78, 5) is 10.0. The van der Waals surface area contributed by atoms with Crippen molar-refractivity contribution >= 4 is 28.9 Å². The zero-order chi connectivity index (χ0) is 5.98. The summed E-state index contributed by atoms with van der Waals surface area (Å²) in [6, 6.07) is 1.63. The first-order valence-electron chi connectivity index (χ1n) is 2.03. The van der Waals surface area contributed by atoms with Crippen molar-refractivity contribution in [1.29, 1.82) is 0 Å².